The maximum absolute atomic E-state index is 11.8. The van der Waals surface area contributed by atoms with Crippen molar-refractivity contribution in [2.75, 3.05) is 17.8 Å². The van der Waals surface area contributed by atoms with Crippen molar-refractivity contribution in [2.45, 2.75) is 12.5 Å². The number of nitrogen functional groups attached to an aromatic ring is 1. The van der Waals surface area contributed by atoms with Crippen molar-refractivity contribution in [3.63, 3.8) is 0 Å². The van der Waals surface area contributed by atoms with Crippen LogP contribution in [0.15, 0.2) is 18.2 Å². The zero-order chi connectivity index (χ0) is 14.9. The molecule has 1 aliphatic heterocycles. The van der Waals surface area contributed by atoms with Gasteiger partial charge in [-0.25, -0.2) is 0 Å². The monoisotopic (exact) mass is 279 g/mol. The van der Waals surface area contributed by atoms with Crippen molar-refractivity contribution in [2.24, 2.45) is 5.84 Å². The summed E-state index contributed by atoms with van der Waals surface area (Å²) in [4.78, 5) is 34.4. The second kappa shape index (κ2) is 5.13. The molecule has 4 N–H and O–H groups in total. The molecule has 1 unspecified atom stereocenters. The first-order chi connectivity index (χ1) is 9.42. The fourth-order valence-corrected chi connectivity index (χ4v) is 1.95. The number of imide groups is 1. The van der Waals surface area contributed by atoms with Gasteiger partial charge in [0.25, 0.3) is 11.6 Å². The van der Waals surface area contributed by atoms with Crippen molar-refractivity contribution in [3.05, 3.63) is 28.3 Å². The van der Waals surface area contributed by atoms with Gasteiger partial charge in [0.05, 0.1) is 17.0 Å². The molecule has 1 fully saturated rings. The Hall–Kier alpha value is -2.68. The Morgan fingerprint density at radius 1 is 1.35 bits per heavy atom. The standard InChI is InChI=1S/C11H13N5O4/c1-15-10(17)5-9(11(15)18)13-6-2-7(14-12)4-8(3-6)16(19)20/h2-4,9,13-14H,5,12H2,1H3. The van der Waals surface area contributed by atoms with E-state index in [1.165, 1.54) is 25.2 Å². The fourth-order valence-electron chi connectivity index (χ4n) is 1.95. The van der Waals surface area contributed by atoms with E-state index in [1.807, 2.05) is 0 Å². The van der Waals surface area contributed by atoms with Crippen LogP contribution < -0.4 is 16.6 Å². The molecule has 1 atom stereocenters. The summed E-state index contributed by atoms with van der Waals surface area (Å²) in [6.07, 6.45) is 0.0173. The molecule has 9 nitrogen and oxygen atoms in total. The highest BCUT2D eigenvalue weighted by Crippen LogP contribution is 2.26. The van der Waals surface area contributed by atoms with Crippen molar-refractivity contribution in [1.82, 2.24) is 4.90 Å². The van der Waals surface area contributed by atoms with E-state index in [4.69, 9.17) is 5.84 Å². The number of nitrogens with one attached hydrogen (secondary N) is 2. The quantitative estimate of drug-likeness (QED) is 0.307. The van der Waals surface area contributed by atoms with Crippen LogP contribution in [0, 0.1) is 10.1 Å². The van der Waals surface area contributed by atoms with Gasteiger partial charge in [-0.3, -0.25) is 30.4 Å². The molecule has 0 aliphatic carbocycles. The van der Waals surface area contributed by atoms with Crippen LogP contribution in [0.5, 0.6) is 0 Å². The van der Waals surface area contributed by atoms with Gasteiger partial charge in [0.2, 0.25) is 5.91 Å². The van der Waals surface area contributed by atoms with Gasteiger partial charge in [-0.1, -0.05) is 0 Å². The van der Waals surface area contributed by atoms with Crippen LogP contribution in [0.1, 0.15) is 6.42 Å². The second-order valence-electron chi connectivity index (χ2n) is 4.36. The van der Waals surface area contributed by atoms with Crippen molar-refractivity contribution < 1.29 is 14.5 Å². The minimum atomic E-state index is -0.722. The van der Waals surface area contributed by atoms with Gasteiger partial charge < -0.3 is 10.7 Å². The van der Waals surface area contributed by atoms with Crippen LogP contribution in [0.4, 0.5) is 17.1 Å². The highest BCUT2D eigenvalue weighted by molar-refractivity contribution is 6.06. The number of amides is 2. The molecule has 1 saturated heterocycles. The Balaban J connectivity index is 2.25. The number of nitro benzene ring substituents is 1. The second-order valence-corrected chi connectivity index (χ2v) is 4.36. The molecule has 1 aromatic rings. The average Bonchev–Trinajstić information content (AvgIpc) is 2.66. The van der Waals surface area contributed by atoms with E-state index in [1.54, 1.807) is 0 Å². The number of likely N-dealkylation sites (tertiary alicyclic amines) is 1. The van der Waals surface area contributed by atoms with E-state index < -0.39 is 11.0 Å². The largest absolute Gasteiger partial charge is 0.373 e. The SMILES string of the molecule is CN1C(=O)CC(Nc2cc(NN)cc([N+](=O)[O-])c2)C1=O. The summed E-state index contributed by atoms with van der Waals surface area (Å²) in [5.41, 5.74) is 2.80. The van der Waals surface area contributed by atoms with Crippen LogP contribution in [0.3, 0.4) is 0 Å². The van der Waals surface area contributed by atoms with E-state index in [0.29, 0.717) is 11.4 Å². The summed E-state index contributed by atoms with van der Waals surface area (Å²) in [6.45, 7) is 0. The number of rotatable bonds is 4. The molecule has 0 aromatic heterocycles. The first-order valence-corrected chi connectivity index (χ1v) is 5.75. The maximum Gasteiger partial charge on any atom is 0.273 e. The lowest BCUT2D eigenvalue weighted by Crippen LogP contribution is -2.31. The van der Waals surface area contributed by atoms with Crippen LogP contribution in [-0.2, 0) is 9.59 Å². The van der Waals surface area contributed by atoms with Gasteiger partial charge in [0, 0.05) is 24.9 Å². The zero-order valence-corrected chi connectivity index (χ0v) is 10.6. The van der Waals surface area contributed by atoms with Gasteiger partial charge in [-0.05, 0) is 6.07 Å². The van der Waals surface area contributed by atoms with Crippen molar-refractivity contribution >= 4 is 28.9 Å². The number of anilines is 2. The number of nitro groups is 1. The lowest BCUT2D eigenvalue weighted by atomic mass is 10.2. The third-order valence-electron chi connectivity index (χ3n) is 3.02. The van der Waals surface area contributed by atoms with E-state index >= 15 is 0 Å². The number of likely N-dealkylation sites (N-methyl/N-ethyl adjacent to an activating group) is 1. The molecule has 0 bridgehead atoms. The Kier molecular flexibility index (Phi) is 3.53. The van der Waals surface area contributed by atoms with Crippen molar-refractivity contribution in [1.29, 1.82) is 0 Å². The molecule has 1 aliphatic rings. The number of hydrogen-bond acceptors (Lipinski definition) is 7. The van der Waals surface area contributed by atoms with E-state index in [-0.39, 0.29) is 23.9 Å². The van der Waals surface area contributed by atoms with Crippen LogP contribution >= 0.6 is 0 Å². The predicted octanol–water partition coefficient (Wildman–Crippen LogP) is 0.0496. The zero-order valence-electron chi connectivity index (χ0n) is 10.6. The van der Waals surface area contributed by atoms with Gasteiger partial charge in [-0.15, -0.1) is 0 Å². The summed E-state index contributed by atoms with van der Waals surface area (Å²) >= 11 is 0. The molecule has 0 saturated carbocycles. The van der Waals surface area contributed by atoms with Gasteiger partial charge in [-0.2, -0.15) is 0 Å². The number of non-ortho nitro benzene ring substituents is 1. The maximum atomic E-state index is 11.8. The third-order valence-corrected chi connectivity index (χ3v) is 3.02. The number of nitrogens with two attached hydrogens (primary N) is 1. The number of carbonyl (C=O) groups is 2. The van der Waals surface area contributed by atoms with Crippen LogP contribution in [0.2, 0.25) is 0 Å². The molecule has 2 amide bonds. The van der Waals surface area contributed by atoms with Gasteiger partial charge in [0.1, 0.15) is 6.04 Å². The minimum Gasteiger partial charge on any atom is -0.373 e. The molecule has 20 heavy (non-hydrogen) atoms. The molecule has 0 spiro atoms. The van der Waals surface area contributed by atoms with E-state index in [9.17, 15) is 19.7 Å². The molecular formula is C11H13N5O4. The van der Waals surface area contributed by atoms with Gasteiger partial charge >= 0.3 is 0 Å². The Bertz CT molecular complexity index is 588. The number of benzene rings is 1. The third kappa shape index (κ3) is 2.52. The van der Waals surface area contributed by atoms with E-state index in [0.717, 1.165) is 4.90 Å². The molecule has 0 radical (unpaired) electrons. The van der Waals surface area contributed by atoms with Crippen LogP contribution in [0.25, 0.3) is 0 Å². The normalized spacial score (nSPS) is 18.3. The first kappa shape index (κ1) is 13.7. The predicted molar refractivity (Wildman–Crippen MR) is 70.7 cm³/mol. The number of hydrogen-bond donors (Lipinski definition) is 3. The Labute approximate surface area is 113 Å². The molecule has 106 valence electrons. The highest BCUT2D eigenvalue weighted by atomic mass is 16.6. The molecular weight excluding hydrogens is 266 g/mol. The first-order valence-electron chi connectivity index (χ1n) is 5.75. The lowest BCUT2D eigenvalue weighted by Gasteiger charge is -2.13. The Morgan fingerprint density at radius 3 is 2.50 bits per heavy atom. The molecule has 1 heterocycles. The summed E-state index contributed by atoms with van der Waals surface area (Å²) in [5, 5.41) is 13.6. The smallest absolute Gasteiger partial charge is 0.273 e. The molecule has 1 aromatic carbocycles. The number of hydrazine groups is 1. The molecule has 9 heteroatoms. The van der Waals surface area contributed by atoms with Gasteiger partial charge in [0.15, 0.2) is 0 Å². The summed E-state index contributed by atoms with van der Waals surface area (Å²) < 4.78 is 0. The van der Waals surface area contributed by atoms with E-state index in [2.05, 4.69) is 10.7 Å². The van der Waals surface area contributed by atoms with Crippen molar-refractivity contribution in [3.8, 4) is 0 Å². The molecule has 2 rings (SSSR count). The lowest BCUT2D eigenvalue weighted by molar-refractivity contribution is -0.384. The average molecular weight is 279 g/mol. The fraction of sp³-hybridized carbons (Fsp3) is 0.273. The Morgan fingerprint density at radius 2 is 2.00 bits per heavy atom. The number of nitrogens with zero attached hydrogens (tertiary/aromatic N) is 2. The topological polar surface area (TPSA) is 131 Å². The summed E-state index contributed by atoms with van der Waals surface area (Å²) in [6, 6.07) is 3.33. The summed E-state index contributed by atoms with van der Waals surface area (Å²) in [5.74, 6) is 4.57. The highest BCUT2D eigenvalue weighted by Gasteiger charge is 2.36. The van der Waals surface area contributed by atoms with Crippen LogP contribution in [-0.4, -0.2) is 34.7 Å². The summed E-state index contributed by atoms with van der Waals surface area (Å²) in [7, 11) is 1.40. The minimum absolute atomic E-state index is 0.0173. The number of carbonyl (C=O) groups excluding carboxylic acids is 2.